The molecule has 1 aromatic rings. The lowest BCUT2D eigenvalue weighted by Gasteiger charge is -2.20. The van der Waals surface area contributed by atoms with Crippen LogP contribution < -0.4 is 15.2 Å². The second-order valence-electron chi connectivity index (χ2n) is 5.08. The van der Waals surface area contributed by atoms with Gasteiger partial charge in [-0.05, 0) is 29.7 Å². The summed E-state index contributed by atoms with van der Waals surface area (Å²) in [6.45, 7) is 4.78. The quantitative estimate of drug-likeness (QED) is 0.841. The Morgan fingerprint density at radius 1 is 1.42 bits per heavy atom. The molecule has 0 aromatic heterocycles. The zero-order valence-electron chi connectivity index (χ0n) is 11.2. The molecule has 3 N–H and O–H groups in total. The molecule has 0 fully saturated rings. The number of hydrogen-bond acceptors (Lipinski definition) is 4. The lowest BCUT2D eigenvalue weighted by molar-refractivity contribution is 0.356. The Bertz CT molecular complexity index is 555. The molecule has 106 valence electrons. The lowest BCUT2D eigenvalue weighted by Crippen LogP contribution is -2.43. The Morgan fingerprint density at radius 2 is 2.16 bits per heavy atom. The van der Waals surface area contributed by atoms with Crippen molar-refractivity contribution >= 4 is 10.0 Å². The highest BCUT2D eigenvalue weighted by atomic mass is 32.2. The first-order chi connectivity index (χ1) is 8.94. The molecule has 19 heavy (non-hydrogen) atoms. The molecule has 1 heterocycles. The molecule has 0 amide bonds. The van der Waals surface area contributed by atoms with Crippen molar-refractivity contribution in [3.63, 3.8) is 0 Å². The van der Waals surface area contributed by atoms with Crippen LogP contribution in [0.1, 0.15) is 19.4 Å². The van der Waals surface area contributed by atoms with Gasteiger partial charge in [-0.1, -0.05) is 13.8 Å². The van der Waals surface area contributed by atoms with Gasteiger partial charge in [-0.25, -0.2) is 13.1 Å². The summed E-state index contributed by atoms with van der Waals surface area (Å²) < 4.78 is 32.6. The summed E-state index contributed by atoms with van der Waals surface area (Å²) in [5.74, 6) is 0.927. The van der Waals surface area contributed by atoms with Crippen molar-refractivity contribution in [2.24, 2.45) is 11.7 Å². The van der Waals surface area contributed by atoms with E-state index in [1.165, 1.54) is 0 Å². The van der Waals surface area contributed by atoms with E-state index in [2.05, 4.69) is 4.72 Å². The van der Waals surface area contributed by atoms with Gasteiger partial charge in [0.1, 0.15) is 5.75 Å². The van der Waals surface area contributed by atoms with Crippen LogP contribution in [-0.4, -0.2) is 27.6 Å². The van der Waals surface area contributed by atoms with Crippen LogP contribution in [0.25, 0.3) is 0 Å². The van der Waals surface area contributed by atoms with Crippen LogP contribution in [-0.2, 0) is 16.4 Å². The molecule has 1 aromatic carbocycles. The molecule has 5 nitrogen and oxygen atoms in total. The van der Waals surface area contributed by atoms with Crippen molar-refractivity contribution in [3.05, 3.63) is 23.8 Å². The summed E-state index contributed by atoms with van der Waals surface area (Å²) in [4.78, 5) is 0.274. The number of ether oxygens (including phenoxy) is 1. The second-order valence-corrected chi connectivity index (χ2v) is 6.79. The Morgan fingerprint density at radius 3 is 2.79 bits per heavy atom. The molecule has 0 saturated carbocycles. The largest absolute Gasteiger partial charge is 0.493 e. The molecule has 2 rings (SSSR count). The van der Waals surface area contributed by atoms with Gasteiger partial charge in [0.05, 0.1) is 11.5 Å². The van der Waals surface area contributed by atoms with Crippen molar-refractivity contribution in [2.75, 3.05) is 13.2 Å². The Hall–Kier alpha value is -1.11. The fourth-order valence-corrected chi connectivity index (χ4v) is 3.50. The zero-order valence-corrected chi connectivity index (χ0v) is 12.0. The number of fused-ring (bicyclic) bond motifs is 1. The first-order valence-corrected chi connectivity index (χ1v) is 7.90. The molecule has 1 unspecified atom stereocenters. The van der Waals surface area contributed by atoms with Gasteiger partial charge >= 0.3 is 0 Å². The maximum absolute atomic E-state index is 12.3. The van der Waals surface area contributed by atoms with Gasteiger partial charge in [0.25, 0.3) is 0 Å². The third-order valence-corrected chi connectivity index (χ3v) is 4.82. The molecule has 0 bridgehead atoms. The molecule has 0 aliphatic carbocycles. The fraction of sp³-hybridized carbons (Fsp3) is 0.538. The normalized spacial score (nSPS) is 16.2. The monoisotopic (exact) mass is 284 g/mol. The second kappa shape index (κ2) is 5.48. The number of hydrogen-bond donors (Lipinski definition) is 2. The third-order valence-electron chi connectivity index (χ3n) is 3.34. The Labute approximate surface area is 114 Å². The van der Waals surface area contributed by atoms with Crippen LogP contribution in [0, 0.1) is 5.92 Å². The van der Waals surface area contributed by atoms with Gasteiger partial charge in [-0.15, -0.1) is 0 Å². The summed E-state index contributed by atoms with van der Waals surface area (Å²) in [5.41, 5.74) is 6.54. The van der Waals surface area contributed by atoms with Crippen LogP contribution in [0.2, 0.25) is 0 Å². The number of rotatable bonds is 5. The van der Waals surface area contributed by atoms with E-state index >= 15 is 0 Å². The minimum Gasteiger partial charge on any atom is -0.493 e. The first-order valence-electron chi connectivity index (χ1n) is 6.42. The van der Waals surface area contributed by atoms with E-state index in [0.29, 0.717) is 6.61 Å². The lowest BCUT2D eigenvalue weighted by atomic mass is 10.1. The highest BCUT2D eigenvalue weighted by Gasteiger charge is 2.23. The van der Waals surface area contributed by atoms with E-state index in [1.54, 1.807) is 18.2 Å². The SMILES string of the molecule is CC(C)C(CN)NS(=O)(=O)c1ccc2c(c1)CCO2. The smallest absolute Gasteiger partial charge is 0.240 e. The van der Waals surface area contributed by atoms with Crippen LogP contribution in [0.4, 0.5) is 0 Å². The molecular weight excluding hydrogens is 264 g/mol. The molecule has 1 aliphatic heterocycles. The molecule has 6 heteroatoms. The molecule has 0 radical (unpaired) electrons. The van der Waals surface area contributed by atoms with E-state index < -0.39 is 10.0 Å². The number of benzene rings is 1. The molecule has 0 saturated heterocycles. The average molecular weight is 284 g/mol. The van der Waals surface area contributed by atoms with Crippen molar-refractivity contribution in [2.45, 2.75) is 31.2 Å². The summed E-state index contributed by atoms with van der Waals surface area (Å²) in [5, 5.41) is 0. The number of nitrogens with one attached hydrogen (secondary N) is 1. The zero-order chi connectivity index (χ0) is 14.0. The van der Waals surface area contributed by atoms with E-state index in [0.717, 1.165) is 17.7 Å². The van der Waals surface area contributed by atoms with Gasteiger partial charge in [0.2, 0.25) is 10.0 Å². The van der Waals surface area contributed by atoms with Crippen molar-refractivity contribution in [3.8, 4) is 5.75 Å². The standard InChI is InChI=1S/C13H20N2O3S/c1-9(2)12(8-14)15-19(16,17)11-3-4-13-10(7-11)5-6-18-13/h3-4,7,9,12,15H,5-6,8,14H2,1-2H3. The van der Waals surface area contributed by atoms with Crippen molar-refractivity contribution in [1.29, 1.82) is 0 Å². The van der Waals surface area contributed by atoms with Crippen LogP contribution in [0.3, 0.4) is 0 Å². The van der Waals surface area contributed by atoms with Gasteiger partial charge in [0.15, 0.2) is 0 Å². The first kappa shape index (κ1) is 14.3. The third kappa shape index (κ3) is 3.08. The van der Waals surface area contributed by atoms with E-state index in [4.69, 9.17) is 10.5 Å². The summed E-state index contributed by atoms with van der Waals surface area (Å²) in [6.07, 6.45) is 0.753. The van der Waals surface area contributed by atoms with Crippen molar-refractivity contribution in [1.82, 2.24) is 4.72 Å². The van der Waals surface area contributed by atoms with E-state index in [9.17, 15) is 8.42 Å². The predicted octanol–water partition coefficient (Wildman–Crippen LogP) is 0.883. The minimum absolute atomic E-state index is 0.150. The molecule has 1 atom stereocenters. The van der Waals surface area contributed by atoms with Crippen molar-refractivity contribution < 1.29 is 13.2 Å². The maximum Gasteiger partial charge on any atom is 0.240 e. The fourth-order valence-electron chi connectivity index (χ4n) is 2.05. The van der Waals surface area contributed by atoms with Gasteiger partial charge in [0, 0.05) is 19.0 Å². The Kier molecular flexibility index (Phi) is 4.13. The minimum atomic E-state index is -3.52. The number of nitrogens with two attached hydrogens (primary N) is 1. The number of sulfonamides is 1. The maximum atomic E-state index is 12.3. The summed E-state index contributed by atoms with van der Waals surface area (Å²) in [7, 11) is -3.52. The van der Waals surface area contributed by atoms with E-state index in [1.807, 2.05) is 13.8 Å². The molecular formula is C13H20N2O3S. The van der Waals surface area contributed by atoms with E-state index in [-0.39, 0.29) is 23.4 Å². The molecule has 1 aliphatic rings. The van der Waals surface area contributed by atoms with Crippen LogP contribution >= 0.6 is 0 Å². The average Bonchev–Trinajstić information content (AvgIpc) is 2.82. The van der Waals surface area contributed by atoms with Crippen LogP contribution in [0.15, 0.2) is 23.1 Å². The summed E-state index contributed by atoms with van der Waals surface area (Å²) in [6, 6.07) is 4.71. The predicted molar refractivity (Wildman–Crippen MR) is 73.6 cm³/mol. The Balaban J connectivity index is 2.24. The van der Waals surface area contributed by atoms with Gasteiger partial charge in [-0.3, -0.25) is 0 Å². The van der Waals surface area contributed by atoms with Crippen LogP contribution in [0.5, 0.6) is 5.75 Å². The van der Waals surface area contributed by atoms with Gasteiger partial charge < -0.3 is 10.5 Å². The topological polar surface area (TPSA) is 81.4 Å². The highest BCUT2D eigenvalue weighted by Crippen LogP contribution is 2.27. The summed E-state index contributed by atoms with van der Waals surface area (Å²) >= 11 is 0. The molecule has 0 spiro atoms. The highest BCUT2D eigenvalue weighted by molar-refractivity contribution is 7.89. The van der Waals surface area contributed by atoms with Gasteiger partial charge in [-0.2, -0.15) is 0 Å².